The molecular weight excluding hydrogens is 224 g/mol. The fourth-order valence-corrected chi connectivity index (χ4v) is 2.18. The van der Waals surface area contributed by atoms with E-state index in [1.54, 1.807) is 6.92 Å². The first-order valence-corrected chi connectivity index (χ1v) is 5.82. The van der Waals surface area contributed by atoms with Crippen LogP contribution in [0.3, 0.4) is 0 Å². The summed E-state index contributed by atoms with van der Waals surface area (Å²) < 4.78 is 0. The predicted molar refractivity (Wildman–Crippen MR) is 61.2 cm³/mol. The first kappa shape index (κ1) is 13.9. The Hall–Kier alpha value is -1.14. The smallest absolute Gasteiger partial charge is 0.326 e. The SMILES string of the molecule is CC1(C(=O)N[C@H](CCO)C(=O)O)CCCC1N. The average molecular weight is 244 g/mol. The number of carboxylic acids is 1. The highest BCUT2D eigenvalue weighted by atomic mass is 16.4. The quantitative estimate of drug-likeness (QED) is 0.518. The van der Waals surface area contributed by atoms with Crippen molar-refractivity contribution in [1.29, 1.82) is 0 Å². The van der Waals surface area contributed by atoms with Crippen molar-refractivity contribution in [3.8, 4) is 0 Å². The Balaban J connectivity index is 2.66. The lowest BCUT2D eigenvalue weighted by molar-refractivity contribution is -0.144. The van der Waals surface area contributed by atoms with Crippen LogP contribution in [0.5, 0.6) is 0 Å². The Kier molecular flexibility index (Phi) is 4.47. The van der Waals surface area contributed by atoms with Crippen molar-refractivity contribution >= 4 is 11.9 Å². The van der Waals surface area contributed by atoms with E-state index in [0.29, 0.717) is 6.42 Å². The van der Waals surface area contributed by atoms with Gasteiger partial charge in [-0.3, -0.25) is 4.79 Å². The van der Waals surface area contributed by atoms with Crippen molar-refractivity contribution in [2.45, 2.75) is 44.7 Å². The number of hydrogen-bond acceptors (Lipinski definition) is 4. The van der Waals surface area contributed by atoms with Crippen molar-refractivity contribution in [2.24, 2.45) is 11.1 Å². The van der Waals surface area contributed by atoms with Crippen molar-refractivity contribution < 1.29 is 19.8 Å². The molecule has 1 rings (SSSR count). The normalized spacial score (nSPS) is 29.9. The van der Waals surface area contributed by atoms with Crippen molar-refractivity contribution in [3.05, 3.63) is 0 Å². The van der Waals surface area contributed by atoms with Gasteiger partial charge in [-0.25, -0.2) is 4.79 Å². The van der Waals surface area contributed by atoms with E-state index in [4.69, 9.17) is 15.9 Å². The number of nitrogens with two attached hydrogens (primary N) is 1. The molecule has 1 saturated carbocycles. The number of amides is 1. The Labute approximate surface area is 100 Å². The van der Waals surface area contributed by atoms with Crippen LogP contribution in [-0.4, -0.2) is 40.8 Å². The molecule has 0 radical (unpaired) electrons. The number of aliphatic hydroxyl groups excluding tert-OH is 1. The molecule has 98 valence electrons. The van der Waals surface area contributed by atoms with Gasteiger partial charge >= 0.3 is 5.97 Å². The molecule has 0 saturated heterocycles. The summed E-state index contributed by atoms with van der Waals surface area (Å²) in [7, 11) is 0. The summed E-state index contributed by atoms with van der Waals surface area (Å²) in [6, 6.07) is -1.27. The van der Waals surface area contributed by atoms with Gasteiger partial charge in [0.15, 0.2) is 0 Å². The summed E-state index contributed by atoms with van der Waals surface area (Å²) in [6.07, 6.45) is 2.34. The molecule has 0 spiro atoms. The molecule has 6 nitrogen and oxygen atoms in total. The average Bonchev–Trinajstić information content (AvgIpc) is 2.59. The number of carboxylic acid groups (broad SMARTS) is 1. The Morgan fingerprint density at radius 2 is 2.24 bits per heavy atom. The molecule has 5 N–H and O–H groups in total. The maximum absolute atomic E-state index is 12.0. The van der Waals surface area contributed by atoms with Gasteiger partial charge in [0.1, 0.15) is 6.04 Å². The Morgan fingerprint density at radius 1 is 1.59 bits per heavy atom. The largest absolute Gasteiger partial charge is 0.480 e. The number of carbonyl (C=O) groups excluding carboxylic acids is 1. The molecule has 2 unspecified atom stereocenters. The lowest BCUT2D eigenvalue weighted by Crippen LogP contribution is -2.52. The molecule has 1 aliphatic rings. The molecular formula is C11H20N2O4. The molecule has 0 aromatic heterocycles. The van der Waals surface area contributed by atoms with Crippen LogP contribution in [0.25, 0.3) is 0 Å². The molecule has 6 heteroatoms. The van der Waals surface area contributed by atoms with Gasteiger partial charge in [0.2, 0.25) is 5.91 Å². The highest BCUT2D eigenvalue weighted by molar-refractivity contribution is 5.88. The van der Waals surface area contributed by atoms with Gasteiger partial charge in [-0.2, -0.15) is 0 Å². The third-order valence-electron chi connectivity index (χ3n) is 3.57. The van der Waals surface area contributed by atoms with Crippen molar-refractivity contribution in [2.75, 3.05) is 6.61 Å². The molecule has 0 aromatic carbocycles. The monoisotopic (exact) mass is 244 g/mol. The van der Waals surface area contributed by atoms with Crippen molar-refractivity contribution in [3.63, 3.8) is 0 Å². The Morgan fingerprint density at radius 3 is 2.65 bits per heavy atom. The molecule has 17 heavy (non-hydrogen) atoms. The van der Waals surface area contributed by atoms with Gasteiger partial charge in [0.05, 0.1) is 5.41 Å². The lowest BCUT2D eigenvalue weighted by Gasteiger charge is -2.29. The van der Waals surface area contributed by atoms with E-state index in [-0.39, 0.29) is 25.0 Å². The first-order valence-electron chi connectivity index (χ1n) is 5.82. The van der Waals surface area contributed by atoms with Gasteiger partial charge in [0.25, 0.3) is 0 Å². The molecule has 1 aliphatic carbocycles. The van der Waals surface area contributed by atoms with E-state index in [1.807, 2.05) is 0 Å². The predicted octanol–water partition coefficient (Wildman–Crippen LogP) is -0.544. The van der Waals surface area contributed by atoms with E-state index in [2.05, 4.69) is 5.32 Å². The summed E-state index contributed by atoms with van der Waals surface area (Å²) in [5, 5.41) is 20.1. The second-order valence-electron chi connectivity index (χ2n) is 4.79. The fourth-order valence-electron chi connectivity index (χ4n) is 2.18. The second kappa shape index (κ2) is 5.46. The van der Waals surface area contributed by atoms with Gasteiger partial charge in [-0.05, 0) is 19.8 Å². The molecule has 0 aliphatic heterocycles. The third kappa shape index (κ3) is 2.95. The minimum absolute atomic E-state index is 0.00634. The zero-order valence-electron chi connectivity index (χ0n) is 9.98. The number of rotatable bonds is 5. The van der Waals surface area contributed by atoms with Gasteiger partial charge < -0.3 is 21.3 Å². The van der Waals surface area contributed by atoms with Crippen LogP contribution < -0.4 is 11.1 Å². The van der Waals surface area contributed by atoms with Crippen LogP contribution in [0, 0.1) is 5.41 Å². The Bertz CT molecular complexity index is 308. The van der Waals surface area contributed by atoms with Gasteiger partial charge in [0, 0.05) is 19.1 Å². The van der Waals surface area contributed by atoms with E-state index in [9.17, 15) is 9.59 Å². The van der Waals surface area contributed by atoms with Crippen LogP contribution in [0.2, 0.25) is 0 Å². The molecule has 0 bridgehead atoms. The zero-order chi connectivity index (χ0) is 13.1. The second-order valence-corrected chi connectivity index (χ2v) is 4.79. The van der Waals surface area contributed by atoms with Crippen LogP contribution in [0.4, 0.5) is 0 Å². The standard InChI is InChI=1S/C11H20N2O4/c1-11(5-2-3-8(11)12)10(17)13-7(4-6-14)9(15)16/h7-8,14H,2-6,12H2,1H3,(H,13,17)(H,15,16)/t7-,8?,11?/m1/s1. The fraction of sp³-hybridized carbons (Fsp3) is 0.818. The number of nitrogens with one attached hydrogen (secondary N) is 1. The molecule has 0 heterocycles. The first-order chi connectivity index (χ1) is 7.91. The molecule has 3 atom stereocenters. The van der Waals surface area contributed by atoms with E-state index in [1.165, 1.54) is 0 Å². The lowest BCUT2D eigenvalue weighted by atomic mass is 9.84. The highest BCUT2D eigenvalue weighted by Gasteiger charge is 2.43. The summed E-state index contributed by atoms with van der Waals surface area (Å²) >= 11 is 0. The minimum atomic E-state index is -1.14. The van der Waals surface area contributed by atoms with E-state index in [0.717, 1.165) is 12.8 Å². The van der Waals surface area contributed by atoms with Crippen molar-refractivity contribution in [1.82, 2.24) is 5.32 Å². The maximum atomic E-state index is 12.0. The van der Waals surface area contributed by atoms with Crippen LogP contribution >= 0.6 is 0 Å². The third-order valence-corrected chi connectivity index (χ3v) is 3.57. The summed E-state index contributed by atoms with van der Waals surface area (Å²) in [4.78, 5) is 22.9. The summed E-state index contributed by atoms with van der Waals surface area (Å²) in [5.74, 6) is -1.47. The van der Waals surface area contributed by atoms with Crippen LogP contribution in [0.1, 0.15) is 32.6 Å². The molecule has 1 amide bonds. The van der Waals surface area contributed by atoms with E-state index < -0.39 is 17.4 Å². The minimum Gasteiger partial charge on any atom is -0.480 e. The maximum Gasteiger partial charge on any atom is 0.326 e. The zero-order valence-corrected chi connectivity index (χ0v) is 9.98. The van der Waals surface area contributed by atoms with E-state index >= 15 is 0 Å². The summed E-state index contributed by atoms with van der Waals surface area (Å²) in [5.41, 5.74) is 5.19. The van der Waals surface area contributed by atoms with Crippen LogP contribution in [-0.2, 0) is 9.59 Å². The number of hydrogen-bond donors (Lipinski definition) is 4. The van der Waals surface area contributed by atoms with Gasteiger partial charge in [-0.15, -0.1) is 0 Å². The number of aliphatic carboxylic acids is 1. The topological polar surface area (TPSA) is 113 Å². The molecule has 0 aromatic rings. The van der Waals surface area contributed by atoms with Crippen LogP contribution in [0.15, 0.2) is 0 Å². The number of carbonyl (C=O) groups is 2. The molecule has 1 fully saturated rings. The van der Waals surface area contributed by atoms with Gasteiger partial charge in [-0.1, -0.05) is 6.42 Å². The number of aliphatic hydroxyl groups is 1. The highest BCUT2D eigenvalue weighted by Crippen LogP contribution is 2.36. The summed E-state index contributed by atoms with van der Waals surface area (Å²) in [6.45, 7) is 1.48.